The Morgan fingerprint density at radius 1 is 0.875 bits per heavy atom. The van der Waals surface area contributed by atoms with E-state index in [1.807, 2.05) is 9.80 Å². The van der Waals surface area contributed by atoms with E-state index in [2.05, 4.69) is 26.0 Å². The Balaban J connectivity index is 1.68. The number of likely N-dealkylation sites (tertiary alicyclic amines) is 1. The minimum atomic E-state index is -0.199. The molecule has 3 aliphatic rings. The first-order chi connectivity index (χ1) is 11.6. The molecule has 0 radical (unpaired) electrons. The molecule has 24 heavy (non-hydrogen) atoms. The summed E-state index contributed by atoms with van der Waals surface area (Å²) in [6.45, 7) is 8.67. The second-order valence-electron chi connectivity index (χ2n) is 7.62. The molecule has 2 aliphatic heterocycles. The van der Waals surface area contributed by atoms with Gasteiger partial charge < -0.3 is 14.5 Å². The average molecular weight is 334 g/mol. The molecule has 0 aromatic rings. The molecule has 1 aliphatic carbocycles. The highest BCUT2D eigenvalue weighted by Gasteiger charge is 2.39. The number of rotatable bonds is 2. The number of morpholine rings is 1. The van der Waals surface area contributed by atoms with Gasteiger partial charge in [-0.3, -0.25) is 9.59 Å². The van der Waals surface area contributed by atoms with Gasteiger partial charge in [0.15, 0.2) is 0 Å². The number of ether oxygens (including phenoxy) is 1. The summed E-state index contributed by atoms with van der Waals surface area (Å²) < 4.78 is 5.35. The van der Waals surface area contributed by atoms with Gasteiger partial charge in [-0.05, 0) is 31.1 Å². The van der Waals surface area contributed by atoms with Crippen LogP contribution in [0, 0.1) is 23.7 Å². The summed E-state index contributed by atoms with van der Waals surface area (Å²) in [4.78, 5) is 29.9. The van der Waals surface area contributed by atoms with Crippen molar-refractivity contribution in [2.24, 2.45) is 23.7 Å². The van der Waals surface area contributed by atoms with Crippen molar-refractivity contribution in [1.82, 2.24) is 9.80 Å². The predicted molar refractivity (Wildman–Crippen MR) is 92.3 cm³/mol. The molecule has 4 atom stereocenters. The van der Waals surface area contributed by atoms with Gasteiger partial charge in [-0.25, -0.2) is 0 Å². The zero-order chi connectivity index (χ0) is 17.1. The topological polar surface area (TPSA) is 49.9 Å². The van der Waals surface area contributed by atoms with Crippen LogP contribution in [0.1, 0.15) is 33.1 Å². The monoisotopic (exact) mass is 334 g/mol. The molecule has 0 aromatic carbocycles. The number of nitrogens with zero attached hydrogens (tertiary/aromatic N) is 2. The van der Waals surface area contributed by atoms with E-state index in [1.54, 1.807) is 0 Å². The van der Waals surface area contributed by atoms with E-state index in [9.17, 15) is 9.59 Å². The maximum absolute atomic E-state index is 13.1. The fourth-order valence-electron chi connectivity index (χ4n) is 4.08. The highest BCUT2D eigenvalue weighted by atomic mass is 16.5. The molecule has 3 rings (SSSR count). The summed E-state index contributed by atoms with van der Waals surface area (Å²) in [5, 5.41) is 0. The highest BCUT2D eigenvalue weighted by molar-refractivity contribution is 5.88. The van der Waals surface area contributed by atoms with E-state index in [-0.39, 0.29) is 23.7 Å². The third-order valence-electron chi connectivity index (χ3n) is 6.04. The Hall–Kier alpha value is -1.36. The van der Waals surface area contributed by atoms with Gasteiger partial charge in [0.05, 0.1) is 25.0 Å². The van der Waals surface area contributed by atoms with Crippen molar-refractivity contribution >= 4 is 11.8 Å². The van der Waals surface area contributed by atoms with E-state index in [4.69, 9.17) is 4.74 Å². The first-order valence-electron chi connectivity index (χ1n) is 9.38. The molecule has 0 N–H and O–H groups in total. The lowest BCUT2D eigenvalue weighted by atomic mass is 9.80. The quantitative estimate of drug-likeness (QED) is 0.725. The number of allylic oxidation sites excluding steroid dienone is 2. The predicted octanol–water partition coefficient (Wildman–Crippen LogP) is 1.93. The van der Waals surface area contributed by atoms with Gasteiger partial charge in [-0.15, -0.1) is 0 Å². The molecule has 134 valence electrons. The van der Waals surface area contributed by atoms with Crippen LogP contribution in [0.3, 0.4) is 0 Å². The molecule has 5 heteroatoms. The molecule has 2 saturated heterocycles. The normalized spacial score (nSPS) is 34.2. The SMILES string of the molecule is C[C@@H]1CCN(C(=O)[C@@H]2CC=CC[C@H]2C(=O)N2CCOCC2)C[C@H]1C. The number of piperidine rings is 1. The van der Waals surface area contributed by atoms with Crippen LogP contribution in [0.15, 0.2) is 12.2 Å². The number of hydrogen-bond donors (Lipinski definition) is 0. The largest absolute Gasteiger partial charge is 0.378 e. The third-order valence-corrected chi connectivity index (χ3v) is 6.04. The summed E-state index contributed by atoms with van der Waals surface area (Å²) in [5.41, 5.74) is 0. The van der Waals surface area contributed by atoms with Crippen molar-refractivity contribution in [3.63, 3.8) is 0 Å². The van der Waals surface area contributed by atoms with Crippen LogP contribution >= 0.6 is 0 Å². The summed E-state index contributed by atoms with van der Waals surface area (Å²) >= 11 is 0. The zero-order valence-electron chi connectivity index (χ0n) is 14.9. The maximum Gasteiger partial charge on any atom is 0.226 e. The fraction of sp³-hybridized carbons (Fsp3) is 0.789. The Labute approximate surface area is 145 Å². The smallest absolute Gasteiger partial charge is 0.226 e. The first kappa shape index (κ1) is 17.5. The average Bonchev–Trinajstić information content (AvgIpc) is 2.63. The fourth-order valence-corrected chi connectivity index (χ4v) is 4.08. The molecule has 0 saturated carbocycles. The van der Waals surface area contributed by atoms with E-state index in [0.29, 0.717) is 51.0 Å². The number of carbonyl (C=O) groups excluding carboxylic acids is 2. The summed E-state index contributed by atoms with van der Waals surface area (Å²) in [6.07, 6.45) is 6.58. The van der Waals surface area contributed by atoms with E-state index in [1.165, 1.54) is 0 Å². The van der Waals surface area contributed by atoms with Crippen LogP contribution in [0.5, 0.6) is 0 Å². The summed E-state index contributed by atoms with van der Waals surface area (Å²) in [5.74, 6) is 1.15. The van der Waals surface area contributed by atoms with Gasteiger partial charge in [-0.1, -0.05) is 26.0 Å². The first-order valence-corrected chi connectivity index (χ1v) is 9.38. The lowest BCUT2D eigenvalue weighted by molar-refractivity contribution is -0.150. The van der Waals surface area contributed by atoms with Gasteiger partial charge in [0.1, 0.15) is 0 Å². The Morgan fingerprint density at radius 3 is 2.04 bits per heavy atom. The lowest BCUT2D eigenvalue weighted by Crippen LogP contribution is -2.51. The standard InChI is InChI=1S/C19H30N2O3/c1-14-7-8-21(13-15(14)2)19(23)17-6-4-3-5-16(17)18(22)20-9-11-24-12-10-20/h3-4,14-17H,5-13H2,1-2H3/t14-,15-,16-,17-/m1/s1. The van der Waals surface area contributed by atoms with Gasteiger partial charge in [-0.2, -0.15) is 0 Å². The van der Waals surface area contributed by atoms with Crippen LogP contribution in [0.25, 0.3) is 0 Å². The lowest BCUT2D eigenvalue weighted by Gasteiger charge is -2.40. The molecule has 2 amide bonds. The van der Waals surface area contributed by atoms with Crippen molar-refractivity contribution in [2.45, 2.75) is 33.1 Å². The van der Waals surface area contributed by atoms with E-state index >= 15 is 0 Å². The Morgan fingerprint density at radius 2 is 1.46 bits per heavy atom. The van der Waals surface area contributed by atoms with Crippen molar-refractivity contribution in [1.29, 1.82) is 0 Å². The molecule has 2 fully saturated rings. The Kier molecular flexibility index (Phi) is 5.59. The van der Waals surface area contributed by atoms with Gasteiger partial charge in [0, 0.05) is 26.2 Å². The van der Waals surface area contributed by atoms with Crippen molar-refractivity contribution in [2.75, 3.05) is 39.4 Å². The van der Waals surface area contributed by atoms with Crippen molar-refractivity contribution < 1.29 is 14.3 Å². The van der Waals surface area contributed by atoms with Crippen LogP contribution in [0.4, 0.5) is 0 Å². The molecule has 5 nitrogen and oxygen atoms in total. The minimum absolute atomic E-state index is 0.138. The van der Waals surface area contributed by atoms with E-state index < -0.39 is 0 Å². The number of amides is 2. The summed E-state index contributed by atoms with van der Waals surface area (Å²) in [7, 11) is 0. The molecule has 0 aromatic heterocycles. The van der Waals surface area contributed by atoms with Crippen LogP contribution in [0.2, 0.25) is 0 Å². The number of carbonyl (C=O) groups is 2. The Bertz CT molecular complexity index is 499. The second kappa shape index (κ2) is 7.68. The summed E-state index contributed by atoms with van der Waals surface area (Å²) in [6, 6.07) is 0. The molecule has 2 heterocycles. The molecular weight excluding hydrogens is 304 g/mol. The highest BCUT2D eigenvalue weighted by Crippen LogP contribution is 2.32. The van der Waals surface area contributed by atoms with Crippen LogP contribution in [-0.2, 0) is 14.3 Å². The van der Waals surface area contributed by atoms with Gasteiger partial charge in [0.25, 0.3) is 0 Å². The minimum Gasteiger partial charge on any atom is -0.378 e. The van der Waals surface area contributed by atoms with Crippen LogP contribution < -0.4 is 0 Å². The number of hydrogen-bond acceptors (Lipinski definition) is 3. The molecule has 0 unspecified atom stereocenters. The van der Waals surface area contributed by atoms with Crippen molar-refractivity contribution in [3.8, 4) is 0 Å². The maximum atomic E-state index is 13.1. The molecule has 0 bridgehead atoms. The van der Waals surface area contributed by atoms with Gasteiger partial charge >= 0.3 is 0 Å². The molecular formula is C19H30N2O3. The molecule has 0 spiro atoms. The van der Waals surface area contributed by atoms with Gasteiger partial charge in [0.2, 0.25) is 11.8 Å². The third kappa shape index (κ3) is 3.66. The van der Waals surface area contributed by atoms with Crippen LogP contribution in [-0.4, -0.2) is 61.0 Å². The van der Waals surface area contributed by atoms with Crippen molar-refractivity contribution in [3.05, 3.63) is 12.2 Å². The second-order valence-corrected chi connectivity index (χ2v) is 7.62. The zero-order valence-corrected chi connectivity index (χ0v) is 14.9. The van der Waals surface area contributed by atoms with E-state index in [0.717, 1.165) is 19.5 Å².